The number of Topliss-reactive ketones (excluding diaryl/α,β-unsaturated/α-hetero) is 1. The Balaban J connectivity index is 2.06. The first-order valence-corrected chi connectivity index (χ1v) is 11.1. The Morgan fingerprint density at radius 3 is 2.59 bits per heavy atom. The molecule has 2 aromatic carbocycles. The molecule has 1 saturated heterocycles. The summed E-state index contributed by atoms with van der Waals surface area (Å²) in [5, 5.41) is 11.7. The summed E-state index contributed by atoms with van der Waals surface area (Å²) >= 11 is 6.21. The van der Waals surface area contributed by atoms with E-state index in [-0.39, 0.29) is 11.3 Å². The second-order valence-electron chi connectivity index (χ2n) is 8.08. The highest BCUT2D eigenvalue weighted by atomic mass is 35.5. The van der Waals surface area contributed by atoms with Crippen LogP contribution in [-0.4, -0.2) is 60.4 Å². The standard InChI is InChI=1S/C25H29ClN2O4/c1-4-5-14-32-20-11-7-9-18(16-20)23(29)21-22(17-8-6-10-19(26)15-17)28(13-12-27(2)3)25(31)24(21)30/h6-11,15-16,22,29H,4-5,12-14H2,1-3H3. The Labute approximate surface area is 194 Å². The van der Waals surface area contributed by atoms with Crippen molar-refractivity contribution in [3.8, 4) is 5.75 Å². The van der Waals surface area contributed by atoms with Crippen LogP contribution in [0.3, 0.4) is 0 Å². The number of carbonyl (C=O) groups excluding carboxylic acids is 2. The molecule has 0 spiro atoms. The molecule has 0 bridgehead atoms. The van der Waals surface area contributed by atoms with Gasteiger partial charge in [0, 0.05) is 23.7 Å². The Morgan fingerprint density at radius 2 is 1.91 bits per heavy atom. The van der Waals surface area contributed by atoms with Crippen molar-refractivity contribution in [2.24, 2.45) is 0 Å². The Hall–Kier alpha value is -2.83. The van der Waals surface area contributed by atoms with Gasteiger partial charge >= 0.3 is 0 Å². The topological polar surface area (TPSA) is 70.1 Å². The number of benzene rings is 2. The number of unbranched alkanes of at least 4 members (excludes halogenated alkanes) is 1. The lowest BCUT2D eigenvalue weighted by molar-refractivity contribution is -0.140. The van der Waals surface area contributed by atoms with Gasteiger partial charge in [0.05, 0.1) is 18.2 Å². The number of ether oxygens (including phenoxy) is 1. The first-order chi connectivity index (χ1) is 15.3. The average Bonchev–Trinajstić information content (AvgIpc) is 3.02. The average molecular weight is 457 g/mol. The zero-order valence-electron chi connectivity index (χ0n) is 18.7. The predicted octanol–water partition coefficient (Wildman–Crippen LogP) is 4.50. The van der Waals surface area contributed by atoms with Gasteiger partial charge in [0.25, 0.3) is 11.7 Å². The van der Waals surface area contributed by atoms with Gasteiger partial charge < -0.3 is 19.6 Å². The van der Waals surface area contributed by atoms with Crippen LogP contribution in [0, 0.1) is 0 Å². The number of likely N-dealkylation sites (tertiary alicyclic amines) is 1. The van der Waals surface area contributed by atoms with Crippen molar-refractivity contribution in [3.05, 3.63) is 70.3 Å². The molecule has 0 saturated carbocycles. The molecule has 1 N–H and O–H groups in total. The van der Waals surface area contributed by atoms with Crippen LogP contribution in [0.2, 0.25) is 5.02 Å². The fourth-order valence-electron chi connectivity index (χ4n) is 3.66. The fraction of sp³-hybridized carbons (Fsp3) is 0.360. The summed E-state index contributed by atoms with van der Waals surface area (Å²) in [5.74, 6) is -0.956. The first-order valence-electron chi connectivity index (χ1n) is 10.7. The molecule has 1 atom stereocenters. The number of carbonyl (C=O) groups is 2. The number of nitrogens with zero attached hydrogens (tertiary/aromatic N) is 2. The summed E-state index contributed by atoms with van der Waals surface area (Å²) < 4.78 is 5.74. The highest BCUT2D eigenvalue weighted by Gasteiger charge is 2.45. The van der Waals surface area contributed by atoms with Crippen molar-refractivity contribution in [3.63, 3.8) is 0 Å². The van der Waals surface area contributed by atoms with Gasteiger partial charge in [-0.2, -0.15) is 0 Å². The van der Waals surface area contributed by atoms with Gasteiger partial charge in [0.2, 0.25) is 0 Å². The first kappa shape index (κ1) is 23.8. The van der Waals surface area contributed by atoms with E-state index in [1.807, 2.05) is 25.1 Å². The van der Waals surface area contributed by atoms with Crippen molar-refractivity contribution >= 4 is 29.1 Å². The molecule has 6 nitrogen and oxygen atoms in total. The van der Waals surface area contributed by atoms with Crippen molar-refractivity contribution in [2.75, 3.05) is 33.8 Å². The zero-order chi connectivity index (χ0) is 23.3. The fourth-order valence-corrected chi connectivity index (χ4v) is 3.86. The number of rotatable bonds is 9. The van der Waals surface area contributed by atoms with Crippen LogP contribution in [0.1, 0.15) is 36.9 Å². The van der Waals surface area contributed by atoms with Gasteiger partial charge in [-0.3, -0.25) is 9.59 Å². The summed E-state index contributed by atoms with van der Waals surface area (Å²) in [7, 11) is 3.80. The number of likely N-dealkylation sites (N-methyl/N-ethyl adjacent to an activating group) is 1. The van der Waals surface area contributed by atoms with Gasteiger partial charge in [0.15, 0.2) is 0 Å². The van der Waals surface area contributed by atoms with Crippen LogP contribution in [0.25, 0.3) is 5.76 Å². The zero-order valence-corrected chi connectivity index (χ0v) is 19.4. The highest BCUT2D eigenvalue weighted by molar-refractivity contribution is 6.46. The van der Waals surface area contributed by atoms with E-state index in [1.165, 1.54) is 4.90 Å². The van der Waals surface area contributed by atoms with E-state index in [4.69, 9.17) is 16.3 Å². The van der Waals surface area contributed by atoms with E-state index in [0.717, 1.165) is 12.8 Å². The SMILES string of the molecule is CCCCOc1cccc(C(O)=C2C(=O)C(=O)N(CCN(C)C)C2c2cccc(Cl)c2)c1. The molecule has 1 aliphatic heterocycles. The van der Waals surface area contributed by atoms with Crippen LogP contribution in [0.5, 0.6) is 5.75 Å². The maximum absolute atomic E-state index is 13.1. The maximum Gasteiger partial charge on any atom is 0.295 e. The van der Waals surface area contributed by atoms with E-state index < -0.39 is 17.7 Å². The summed E-state index contributed by atoms with van der Waals surface area (Å²) in [5.41, 5.74) is 1.16. The minimum atomic E-state index is -0.724. The second-order valence-corrected chi connectivity index (χ2v) is 8.52. The van der Waals surface area contributed by atoms with Crippen LogP contribution >= 0.6 is 11.6 Å². The minimum absolute atomic E-state index is 0.0572. The monoisotopic (exact) mass is 456 g/mol. The lowest BCUT2D eigenvalue weighted by Gasteiger charge is -2.26. The molecule has 32 heavy (non-hydrogen) atoms. The summed E-state index contributed by atoms with van der Waals surface area (Å²) in [4.78, 5) is 29.4. The van der Waals surface area contributed by atoms with E-state index in [2.05, 4.69) is 6.92 Å². The lowest BCUT2D eigenvalue weighted by atomic mass is 9.95. The van der Waals surface area contributed by atoms with Crippen LogP contribution in [0.4, 0.5) is 0 Å². The van der Waals surface area contributed by atoms with Gasteiger partial charge in [0.1, 0.15) is 11.5 Å². The van der Waals surface area contributed by atoms with Crippen LogP contribution < -0.4 is 4.74 Å². The number of ketones is 1. The molecule has 1 amide bonds. The third-order valence-electron chi connectivity index (χ3n) is 5.37. The summed E-state index contributed by atoms with van der Waals surface area (Å²) in [6.45, 7) is 3.56. The van der Waals surface area contributed by atoms with E-state index >= 15 is 0 Å². The molecule has 2 aromatic rings. The molecule has 0 radical (unpaired) electrons. The van der Waals surface area contributed by atoms with Crippen molar-refractivity contribution < 1.29 is 19.4 Å². The lowest BCUT2D eigenvalue weighted by Crippen LogP contribution is -2.35. The van der Waals surface area contributed by atoms with Crippen molar-refractivity contribution in [2.45, 2.75) is 25.8 Å². The number of amides is 1. The van der Waals surface area contributed by atoms with Crippen molar-refractivity contribution in [1.82, 2.24) is 9.80 Å². The smallest absolute Gasteiger partial charge is 0.295 e. The van der Waals surface area contributed by atoms with Crippen molar-refractivity contribution in [1.29, 1.82) is 0 Å². The normalized spacial score (nSPS) is 17.9. The van der Waals surface area contributed by atoms with E-state index in [1.54, 1.807) is 42.5 Å². The predicted molar refractivity (Wildman–Crippen MR) is 126 cm³/mol. The maximum atomic E-state index is 13.1. The molecule has 1 aliphatic rings. The second kappa shape index (κ2) is 10.7. The van der Waals surface area contributed by atoms with Crippen LogP contribution in [0.15, 0.2) is 54.1 Å². The van der Waals surface area contributed by atoms with Gasteiger partial charge in [-0.05, 0) is 50.3 Å². The number of aliphatic hydroxyl groups excluding tert-OH is 1. The Bertz CT molecular complexity index is 1020. The largest absolute Gasteiger partial charge is 0.507 e. The molecular weight excluding hydrogens is 428 g/mol. The Morgan fingerprint density at radius 1 is 1.16 bits per heavy atom. The highest BCUT2D eigenvalue weighted by Crippen LogP contribution is 2.40. The number of hydrogen-bond acceptors (Lipinski definition) is 5. The summed E-state index contributed by atoms with van der Waals surface area (Å²) in [6, 6.07) is 13.3. The molecule has 1 heterocycles. The van der Waals surface area contributed by atoms with Gasteiger partial charge in [-0.25, -0.2) is 0 Å². The molecule has 0 aromatic heterocycles. The molecule has 0 aliphatic carbocycles. The molecular formula is C25H29ClN2O4. The molecule has 1 unspecified atom stereocenters. The third kappa shape index (κ3) is 5.31. The molecule has 170 valence electrons. The van der Waals surface area contributed by atoms with E-state index in [0.29, 0.717) is 41.6 Å². The van der Waals surface area contributed by atoms with Gasteiger partial charge in [-0.15, -0.1) is 0 Å². The molecule has 1 fully saturated rings. The van der Waals surface area contributed by atoms with E-state index in [9.17, 15) is 14.7 Å². The van der Waals surface area contributed by atoms with Gasteiger partial charge in [-0.1, -0.05) is 49.2 Å². The number of hydrogen-bond donors (Lipinski definition) is 1. The van der Waals surface area contributed by atoms with Crippen LogP contribution in [-0.2, 0) is 9.59 Å². The number of aliphatic hydroxyl groups is 1. The molecule has 3 rings (SSSR count). The summed E-state index contributed by atoms with van der Waals surface area (Å²) in [6.07, 6.45) is 1.93. The quantitative estimate of drug-likeness (QED) is 0.260. The Kier molecular flexibility index (Phi) is 7.94. The molecule has 7 heteroatoms. The number of halogens is 1. The minimum Gasteiger partial charge on any atom is -0.507 e. The third-order valence-corrected chi connectivity index (χ3v) is 5.60.